The van der Waals surface area contributed by atoms with E-state index in [2.05, 4.69) is 10.6 Å². The zero-order chi connectivity index (χ0) is 25.3. The molecule has 4 rings (SSSR count). The van der Waals surface area contributed by atoms with Crippen LogP contribution in [0.2, 0.25) is 0 Å². The summed E-state index contributed by atoms with van der Waals surface area (Å²) >= 11 is 1.39. The first-order chi connectivity index (χ1) is 17.5. The van der Waals surface area contributed by atoms with Crippen molar-refractivity contribution < 1.29 is 18.7 Å². The van der Waals surface area contributed by atoms with Crippen LogP contribution in [0.25, 0.3) is 0 Å². The Bertz CT molecular complexity index is 1330. The van der Waals surface area contributed by atoms with Crippen LogP contribution < -0.4 is 15.4 Å². The van der Waals surface area contributed by atoms with Crippen LogP contribution in [0.15, 0.2) is 108 Å². The lowest BCUT2D eigenvalue weighted by atomic mass is 10.1. The summed E-state index contributed by atoms with van der Waals surface area (Å²) in [6.45, 7) is 2.38. The largest absolute Gasteiger partial charge is 0.492 e. The van der Waals surface area contributed by atoms with Crippen LogP contribution >= 0.6 is 11.8 Å². The molecular formula is C29H25FN2O3S. The van der Waals surface area contributed by atoms with E-state index in [1.165, 1.54) is 30.0 Å². The highest BCUT2D eigenvalue weighted by Crippen LogP contribution is 2.37. The van der Waals surface area contributed by atoms with Crippen LogP contribution in [-0.2, 0) is 4.79 Å². The highest BCUT2D eigenvalue weighted by molar-refractivity contribution is 8.00. The molecule has 7 heteroatoms. The highest BCUT2D eigenvalue weighted by Gasteiger charge is 2.23. The summed E-state index contributed by atoms with van der Waals surface area (Å²) in [5, 5.41) is 5.17. The predicted molar refractivity (Wildman–Crippen MR) is 142 cm³/mol. The molecule has 0 aliphatic rings. The number of thioether (sulfide) groups is 1. The molecule has 2 amide bonds. The van der Waals surface area contributed by atoms with Gasteiger partial charge in [-0.1, -0.05) is 54.6 Å². The number of hydrogen-bond acceptors (Lipinski definition) is 4. The quantitative estimate of drug-likeness (QED) is 0.244. The molecule has 0 aliphatic heterocycles. The van der Waals surface area contributed by atoms with Gasteiger partial charge < -0.3 is 15.4 Å². The Morgan fingerprint density at radius 1 is 0.833 bits per heavy atom. The third-order valence-electron chi connectivity index (χ3n) is 5.27. The lowest BCUT2D eigenvalue weighted by molar-refractivity contribution is -0.115. The van der Waals surface area contributed by atoms with Gasteiger partial charge in [0, 0.05) is 10.6 Å². The third-order valence-corrected chi connectivity index (χ3v) is 6.54. The van der Waals surface area contributed by atoms with Gasteiger partial charge in [-0.3, -0.25) is 9.59 Å². The number of nitrogens with one attached hydrogen (secondary N) is 2. The van der Waals surface area contributed by atoms with Crippen molar-refractivity contribution in [3.63, 3.8) is 0 Å². The highest BCUT2D eigenvalue weighted by atomic mass is 32.2. The van der Waals surface area contributed by atoms with E-state index in [9.17, 15) is 14.0 Å². The van der Waals surface area contributed by atoms with Crippen LogP contribution in [0, 0.1) is 5.82 Å². The molecule has 4 aromatic carbocycles. The van der Waals surface area contributed by atoms with Crippen molar-refractivity contribution in [2.75, 3.05) is 17.2 Å². The van der Waals surface area contributed by atoms with Crippen molar-refractivity contribution in [1.29, 1.82) is 0 Å². The first-order valence-electron chi connectivity index (χ1n) is 11.5. The van der Waals surface area contributed by atoms with E-state index in [1.54, 1.807) is 18.2 Å². The molecule has 0 bridgehead atoms. The number of amides is 2. The normalized spacial score (nSPS) is 11.4. The van der Waals surface area contributed by atoms with Crippen molar-refractivity contribution in [2.24, 2.45) is 0 Å². The second-order valence-corrected chi connectivity index (χ2v) is 8.96. The number of carbonyl (C=O) groups is 2. The Morgan fingerprint density at radius 2 is 1.50 bits per heavy atom. The molecule has 1 atom stereocenters. The molecule has 5 nitrogen and oxygen atoms in total. The van der Waals surface area contributed by atoms with Crippen molar-refractivity contribution in [3.8, 4) is 5.75 Å². The van der Waals surface area contributed by atoms with Gasteiger partial charge in [0.05, 0.1) is 17.9 Å². The summed E-state index contributed by atoms with van der Waals surface area (Å²) in [6.07, 6.45) is 0. The molecule has 0 radical (unpaired) electrons. The Morgan fingerprint density at radius 3 is 2.22 bits per heavy atom. The number of ether oxygens (including phenoxy) is 1. The zero-order valence-corrected chi connectivity index (χ0v) is 20.4. The van der Waals surface area contributed by atoms with E-state index >= 15 is 0 Å². The fraction of sp³-hybridized carbons (Fsp3) is 0.103. The molecule has 0 aromatic heterocycles. The molecule has 36 heavy (non-hydrogen) atoms. The number of benzene rings is 4. The van der Waals surface area contributed by atoms with Crippen molar-refractivity contribution in [1.82, 2.24) is 0 Å². The number of carbonyl (C=O) groups excluding carboxylic acids is 2. The summed E-state index contributed by atoms with van der Waals surface area (Å²) in [7, 11) is 0. The smallest absolute Gasteiger partial charge is 0.258 e. The molecule has 0 saturated heterocycles. The van der Waals surface area contributed by atoms with Crippen LogP contribution in [0.4, 0.5) is 15.8 Å². The minimum absolute atomic E-state index is 0.0240. The second kappa shape index (κ2) is 12.0. The molecule has 182 valence electrons. The number of halogens is 1. The summed E-state index contributed by atoms with van der Waals surface area (Å²) in [4.78, 5) is 26.6. The fourth-order valence-electron chi connectivity index (χ4n) is 3.55. The number of rotatable bonds is 9. The Kier molecular flexibility index (Phi) is 8.36. The van der Waals surface area contributed by atoms with E-state index < -0.39 is 17.0 Å². The Hall–Kier alpha value is -4.10. The van der Waals surface area contributed by atoms with E-state index in [1.807, 2.05) is 73.7 Å². The summed E-state index contributed by atoms with van der Waals surface area (Å²) in [5.41, 5.74) is 1.96. The molecule has 0 saturated carbocycles. The van der Waals surface area contributed by atoms with E-state index in [-0.39, 0.29) is 11.5 Å². The molecule has 0 aliphatic carbocycles. The molecule has 4 aromatic rings. The first kappa shape index (κ1) is 25.0. The molecule has 0 fully saturated rings. The van der Waals surface area contributed by atoms with Crippen LogP contribution in [0.3, 0.4) is 0 Å². The average Bonchev–Trinajstić information content (AvgIpc) is 2.90. The average molecular weight is 501 g/mol. The van der Waals surface area contributed by atoms with Gasteiger partial charge in [0.15, 0.2) is 0 Å². The van der Waals surface area contributed by atoms with Gasteiger partial charge in [-0.25, -0.2) is 4.39 Å². The maximum absolute atomic E-state index is 13.9. The van der Waals surface area contributed by atoms with Gasteiger partial charge in [0.2, 0.25) is 5.91 Å². The lowest BCUT2D eigenvalue weighted by Crippen LogP contribution is -2.19. The van der Waals surface area contributed by atoms with Gasteiger partial charge in [0.25, 0.3) is 5.91 Å². The van der Waals surface area contributed by atoms with Crippen molar-refractivity contribution in [3.05, 3.63) is 120 Å². The Balaban J connectivity index is 1.51. The van der Waals surface area contributed by atoms with Gasteiger partial charge in [-0.15, -0.1) is 11.8 Å². The number of para-hydroxylation sites is 2. The fourth-order valence-corrected chi connectivity index (χ4v) is 4.57. The number of anilines is 2. The molecule has 1 unspecified atom stereocenters. The van der Waals surface area contributed by atoms with Crippen LogP contribution in [-0.4, -0.2) is 18.4 Å². The molecule has 0 heterocycles. The topological polar surface area (TPSA) is 67.4 Å². The summed E-state index contributed by atoms with van der Waals surface area (Å²) in [5.74, 6) is -0.678. The second-order valence-electron chi connectivity index (χ2n) is 7.79. The zero-order valence-electron chi connectivity index (χ0n) is 19.6. The maximum Gasteiger partial charge on any atom is 0.258 e. The van der Waals surface area contributed by atoms with Gasteiger partial charge in [-0.2, -0.15) is 0 Å². The molecule has 2 N–H and O–H groups in total. The molecule has 0 spiro atoms. The Labute approximate surface area is 213 Å². The number of hydrogen-bond donors (Lipinski definition) is 2. The van der Waals surface area contributed by atoms with Gasteiger partial charge in [0.1, 0.15) is 16.8 Å². The van der Waals surface area contributed by atoms with E-state index in [4.69, 9.17) is 4.74 Å². The standard InChI is InChI=1S/C29H25FN2O3S/c1-2-35-26-15-9-8-14-25(26)32-29(34)27(20-10-4-3-5-11-20)36-22-18-16-21(17-19-22)31-28(33)23-12-6-7-13-24(23)30/h3-19,27H,2H2,1H3,(H,31,33)(H,32,34). The van der Waals surface area contributed by atoms with Gasteiger partial charge >= 0.3 is 0 Å². The van der Waals surface area contributed by atoms with Crippen molar-refractivity contribution >= 4 is 35.0 Å². The summed E-state index contributed by atoms with van der Waals surface area (Å²) < 4.78 is 19.5. The molecular weight excluding hydrogens is 475 g/mol. The van der Waals surface area contributed by atoms with Crippen LogP contribution in [0.5, 0.6) is 5.75 Å². The monoisotopic (exact) mass is 500 g/mol. The first-order valence-corrected chi connectivity index (χ1v) is 12.3. The predicted octanol–water partition coefficient (Wildman–Crippen LogP) is 6.95. The van der Waals surface area contributed by atoms with Gasteiger partial charge in [-0.05, 0) is 61.0 Å². The van der Waals surface area contributed by atoms with Crippen LogP contribution in [0.1, 0.15) is 28.1 Å². The van der Waals surface area contributed by atoms with E-state index in [0.717, 1.165) is 10.5 Å². The maximum atomic E-state index is 13.9. The third kappa shape index (κ3) is 6.31. The minimum atomic E-state index is -0.579. The SMILES string of the molecule is CCOc1ccccc1NC(=O)C(Sc1ccc(NC(=O)c2ccccc2F)cc1)c1ccccc1. The lowest BCUT2D eigenvalue weighted by Gasteiger charge is -2.19. The van der Waals surface area contributed by atoms with E-state index in [0.29, 0.717) is 23.7 Å². The minimum Gasteiger partial charge on any atom is -0.492 e. The summed E-state index contributed by atoms with van der Waals surface area (Å²) in [6, 6.07) is 29.8. The van der Waals surface area contributed by atoms with Crippen molar-refractivity contribution in [2.45, 2.75) is 17.1 Å².